The first-order chi connectivity index (χ1) is 9.22. The third-order valence-electron chi connectivity index (χ3n) is 3.61. The van der Waals surface area contributed by atoms with Crippen molar-refractivity contribution in [3.63, 3.8) is 0 Å². The summed E-state index contributed by atoms with van der Waals surface area (Å²) in [5.74, 6) is 0.510. The zero-order valence-electron chi connectivity index (χ0n) is 10.7. The van der Waals surface area contributed by atoms with E-state index in [1.165, 1.54) is 12.8 Å². The van der Waals surface area contributed by atoms with Gasteiger partial charge in [0.05, 0.1) is 0 Å². The van der Waals surface area contributed by atoms with E-state index in [1.807, 2.05) is 6.07 Å². The fourth-order valence-electron chi connectivity index (χ4n) is 2.54. The van der Waals surface area contributed by atoms with Gasteiger partial charge in [-0.05, 0) is 50.2 Å². The molecule has 0 spiro atoms. The Morgan fingerprint density at radius 3 is 2.84 bits per heavy atom. The van der Waals surface area contributed by atoms with E-state index in [2.05, 4.69) is 4.90 Å². The van der Waals surface area contributed by atoms with Crippen molar-refractivity contribution in [3.05, 3.63) is 35.0 Å². The average molecular weight is 278 g/mol. The molecule has 1 aliphatic heterocycles. The number of hydrogen-bond donors (Lipinski definition) is 0. The highest BCUT2D eigenvalue weighted by molar-refractivity contribution is 6.31. The lowest BCUT2D eigenvalue weighted by Crippen LogP contribution is -2.22. The first kappa shape index (κ1) is 12.7. The van der Waals surface area contributed by atoms with Crippen molar-refractivity contribution >= 4 is 28.4 Å². The highest BCUT2D eigenvalue weighted by Gasteiger charge is 2.16. The Morgan fingerprint density at radius 2 is 2.05 bits per heavy atom. The van der Waals surface area contributed by atoms with Gasteiger partial charge in [-0.1, -0.05) is 11.6 Å². The molecule has 0 aliphatic carbocycles. The van der Waals surface area contributed by atoms with Gasteiger partial charge in [0.15, 0.2) is 11.5 Å². The summed E-state index contributed by atoms with van der Waals surface area (Å²) in [6.45, 7) is 3.06. The Morgan fingerprint density at radius 1 is 1.26 bits per heavy atom. The number of ketones is 1. The van der Waals surface area contributed by atoms with Crippen LogP contribution >= 0.6 is 11.6 Å². The number of hydrogen-bond acceptors (Lipinski definition) is 3. The number of furan rings is 1. The van der Waals surface area contributed by atoms with Crippen LogP contribution in [-0.4, -0.2) is 30.3 Å². The zero-order chi connectivity index (χ0) is 13.2. The molecule has 100 valence electrons. The van der Waals surface area contributed by atoms with Gasteiger partial charge in [0.2, 0.25) is 0 Å². The molecule has 0 unspecified atom stereocenters. The van der Waals surface area contributed by atoms with Crippen LogP contribution in [0.2, 0.25) is 5.02 Å². The monoisotopic (exact) mass is 277 g/mol. The third-order valence-corrected chi connectivity index (χ3v) is 3.84. The molecule has 0 amide bonds. The molecule has 0 N–H and O–H groups in total. The number of carbonyl (C=O) groups excluding carboxylic acids is 1. The first-order valence-electron chi connectivity index (χ1n) is 6.67. The van der Waals surface area contributed by atoms with Crippen LogP contribution in [0, 0.1) is 0 Å². The summed E-state index contributed by atoms with van der Waals surface area (Å²) in [4.78, 5) is 14.4. The number of fused-ring (bicyclic) bond motifs is 1. The van der Waals surface area contributed by atoms with Crippen molar-refractivity contribution in [2.75, 3.05) is 19.6 Å². The fraction of sp³-hybridized carbons (Fsp3) is 0.400. The van der Waals surface area contributed by atoms with Gasteiger partial charge in [-0.3, -0.25) is 4.79 Å². The van der Waals surface area contributed by atoms with Crippen molar-refractivity contribution in [1.29, 1.82) is 0 Å². The molecule has 3 nitrogen and oxygen atoms in total. The molecule has 0 bridgehead atoms. The van der Waals surface area contributed by atoms with Crippen LogP contribution in [0.25, 0.3) is 11.0 Å². The van der Waals surface area contributed by atoms with E-state index in [1.54, 1.807) is 18.2 Å². The second-order valence-electron chi connectivity index (χ2n) is 5.01. The van der Waals surface area contributed by atoms with Crippen molar-refractivity contribution < 1.29 is 9.21 Å². The van der Waals surface area contributed by atoms with Gasteiger partial charge in [-0.2, -0.15) is 0 Å². The quantitative estimate of drug-likeness (QED) is 0.798. The van der Waals surface area contributed by atoms with Gasteiger partial charge in [-0.25, -0.2) is 0 Å². The number of likely N-dealkylation sites (tertiary alicyclic amines) is 1. The molecule has 0 radical (unpaired) electrons. The Kier molecular flexibility index (Phi) is 3.58. The molecular weight excluding hydrogens is 262 g/mol. The fourth-order valence-corrected chi connectivity index (χ4v) is 2.72. The predicted octanol–water partition coefficient (Wildman–Crippen LogP) is 3.75. The lowest BCUT2D eigenvalue weighted by Gasteiger charge is -2.12. The maximum absolute atomic E-state index is 12.1. The molecule has 1 saturated heterocycles. The summed E-state index contributed by atoms with van der Waals surface area (Å²) in [5, 5.41) is 1.54. The van der Waals surface area contributed by atoms with Gasteiger partial charge < -0.3 is 9.32 Å². The molecule has 1 aliphatic rings. The summed E-state index contributed by atoms with van der Waals surface area (Å²) in [5.41, 5.74) is 0.717. The van der Waals surface area contributed by atoms with Crippen LogP contribution in [0.3, 0.4) is 0 Å². The number of carbonyl (C=O) groups is 1. The van der Waals surface area contributed by atoms with Gasteiger partial charge in [0.25, 0.3) is 0 Å². The maximum Gasteiger partial charge on any atom is 0.199 e. The minimum Gasteiger partial charge on any atom is -0.453 e. The number of benzene rings is 1. The molecule has 2 aromatic rings. The van der Waals surface area contributed by atoms with E-state index < -0.39 is 0 Å². The Bertz CT molecular complexity index is 599. The van der Waals surface area contributed by atoms with Crippen LogP contribution in [0.15, 0.2) is 28.7 Å². The molecule has 1 fully saturated rings. The number of halogens is 1. The topological polar surface area (TPSA) is 33.5 Å². The maximum atomic E-state index is 12.1. The van der Waals surface area contributed by atoms with Crippen LogP contribution < -0.4 is 0 Å². The van der Waals surface area contributed by atoms with Crippen LogP contribution in [0.4, 0.5) is 0 Å². The Labute approximate surface area is 117 Å². The highest BCUT2D eigenvalue weighted by atomic mass is 35.5. The minimum absolute atomic E-state index is 0.0687. The lowest BCUT2D eigenvalue weighted by atomic mass is 10.2. The molecule has 0 saturated carbocycles. The van der Waals surface area contributed by atoms with E-state index in [9.17, 15) is 4.79 Å². The molecule has 1 aromatic carbocycles. The summed E-state index contributed by atoms with van der Waals surface area (Å²) >= 11 is 5.92. The average Bonchev–Trinajstić information content (AvgIpc) is 3.04. The van der Waals surface area contributed by atoms with E-state index in [-0.39, 0.29) is 5.78 Å². The SMILES string of the molecule is O=C(CCN1CCCC1)c1cc2cc(Cl)ccc2o1. The molecule has 3 rings (SSSR count). The van der Waals surface area contributed by atoms with Gasteiger partial charge in [0, 0.05) is 23.4 Å². The van der Waals surface area contributed by atoms with Gasteiger partial charge in [-0.15, -0.1) is 0 Å². The second-order valence-corrected chi connectivity index (χ2v) is 5.45. The van der Waals surface area contributed by atoms with Crippen molar-refractivity contribution in [2.45, 2.75) is 19.3 Å². The number of nitrogens with zero attached hydrogens (tertiary/aromatic N) is 1. The number of rotatable bonds is 4. The minimum atomic E-state index is 0.0687. The van der Waals surface area contributed by atoms with E-state index in [0.717, 1.165) is 25.0 Å². The van der Waals surface area contributed by atoms with E-state index in [4.69, 9.17) is 16.0 Å². The summed E-state index contributed by atoms with van der Waals surface area (Å²) in [7, 11) is 0. The normalized spacial score (nSPS) is 16.3. The third kappa shape index (κ3) is 2.82. The second kappa shape index (κ2) is 5.35. The van der Waals surface area contributed by atoms with Crippen molar-refractivity contribution in [3.8, 4) is 0 Å². The zero-order valence-corrected chi connectivity index (χ0v) is 11.4. The first-order valence-corrected chi connectivity index (χ1v) is 7.05. The smallest absolute Gasteiger partial charge is 0.199 e. The van der Waals surface area contributed by atoms with E-state index in [0.29, 0.717) is 22.8 Å². The highest BCUT2D eigenvalue weighted by Crippen LogP contribution is 2.24. The molecular formula is C15H16ClNO2. The standard InChI is InChI=1S/C15H16ClNO2/c16-12-3-4-14-11(9-12)10-15(19-14)13(18)5-8-17-6-1-2-7-17/h3-4,9-10H,1-2,5-8H2. The largest absolute Gasteiger partial charge is 0.453 e. The van der Waals surface area contributed by atoms with Gasteiger partial charge >= 0.3 is 0 Å². The van der Waals surface area contributed by atoms with Crippen LogP contribution in [0.1, 0.15) is 29.8 Å². The Hall–Kier alpha value is -1.32. The summed E-state index contributed by atoms with van der Waals surface area (Å²) in [6.07, 6.45) is 3.02. The molecule has 0 atom stereocenters. The molecule has 1 aromatic heterocycles. The summed E-state index contributed by atoms with van der Waals surface area (Å²) in [6, 6.07) is 7.17. The molecule has 4 heteroatoms. The van der Waals surface area contributed by atoms with Crippen LogP contribution in [0.5, 0.6) is 0 Å². The number of Topliss-reactive ketones (excluding diaryl/α,β-unsaturated/α-hetero) is 1. The lowest BCUT2D eigenvalue weighted by molar-refractivity contribution is 0.0944. The van der Waals surface area contributed by atoms with Crippen LogP contribution in [-0.2, 0) is 0 Å². The Balaban J connectivity index is 1.70. The van der Waals surface area contributed by atoms with Gasteiger partial charge in [0.1, 0.15) is 5.58 Å². The van der Waals surface area contributed by atoms with Crippen molar-refractivity contribution in [1.82, 2.24) is 4.90 Å². The summed E-state index contributed by atoms with van der Waals surface area (Å²) < 4.78 is 5.57. The molecule has 19 heavy (non-hydrogen) atoms. The van der Waals surface area contributed by atoms with E-state index >= 15 is 0 Å². The molecule has 2 heterocycles. The predicted molar refractivity (Wildman–Crippen MR) is 75.8 cm³/mol. The van der Waals surface area contributed by atoms with Crippen molar-refractivity contribution in [2.24, 2.45) is 0 Å².